The summed E-state index contributed by atoms with van der Waals surface area (Å²) < 4.78 is 0. The van der Waals surface area contributed by atoms with Crippen molar-refractivity contribution in [2.24, 2.45) is 5.92 Å². The fourth-order valence-electron chi connectivity index (χ4n) is 2.58. The quantitative estimate of drug-likeness (QED) is 0.893. The molecule has 0 aromatic heterocycles. The molecule has 2 rings (SSSR count). The first kappa shape index (κ1) is 15.4. The van der Waals surface area contributed by atoms with Crippen molar-refractivity contribution in [2.45, 2.75) is 25.8 Å². The number of carboxylic acid groups (broad SMARTS) is 1. The minimum Gasteiger partial charge on any atom is -0.506 e. The maximum absolute atomic E-state index is 10.7. The molecule has 1 aliphatic rings. The largest absolute Gasteiger partial charge is 0.506 e. The molecule has 0 spiro atoms. The molecule has 0 unspecified atom stereocenters. The highest BCUT2D eigenvalue weighted by Gasteiger charge is 2.22. The fourth-order valence-corrected chi connectivity index (χ4v) is 3.11. The number of halogens is 2. The second kappa shape index (κ2) is 6.66. The lowest BCUT2D eigenvalue weighted by molar-refractivity contribution is -0.138. The molecule has 1 aromatic rings. The lowest BCUT2D eigenvalue weighted by Crippen LogP contribution is -2.33. The predicted octanol–water partition coefficient (Wildman–Crippen LogP) is 3.39. The van der Waals surface area contributed by atoms with Crippen LogP contribution in [0.2, 0.25) is 10.0 Å². The SMILES string of the molecule is O=C(O)CC1CCN(Cc2cc(Cl)cc(Cl)c2O)CC1. The standard InChI is InChI=1S/C14H17Cl2NO3/c15-11-6-10(14(20)12(16)7-11)8-17-3-1-9(2-4-17)5-13(18)19/h6-7,9,20H,1-5,8H2,(H,18,19). The number of phenolic OH excluding ortho intramolecular Hbond substituents is 1. The predicted molar refractivity (Wildman–Crippen MR) is 78.4 cm³/mol. The molecule has 0 aliphatic carbocycles. The normalized spacial score (nSPS) is 17.3. The lowest BCUT2D eigenvalue weighted by Gasteiger charge is -2.31. The third-order valence-electron chi connectivity index (χ3n) is 3.67. The van der Waals surface area contributed by atoms with Gasteiger partial charge in [0, 0.05) is 23.6 Å². The number of carboxylic acids is 1. The van der Waals surface area contributed by atoms with E-state index in [0.717, 1.165) is 25.9 Å². The number of piperidine rings is 1. The summed E-state index contributed by atoms with van der Waals surface area (Å²) in [6, 6.07) is 3.23. The van der Waals surface area contributed by atoms with Gasteiger partial charge in [0.05, 0.1) is 5.02 Å². The zero-order chi connectivity index (χ0) is 14.7. The van der Waals surface area contributed by atoms with Gasteiger partial charge in [0.2, 0.25) is 0 Å². The van der Waals surface area contributed by atoms with Crippen molar-refractivity contribution < 1.29 is 15.0 Å². The Bertz CT molecular complexity index is 499. The Labute approximate surface area is 127 Å². The molecule has 20 heavy (non-hydrogen) atoms. The number of benzene rings is 1. The van der Waals surface area contributed by atoms with E-state index in [9.17, 15) is 9.90 Å². The number of hydrogen-bond donors (Lipinski definition) is 2. The Morgan fingerprint density at radius 3 is 2.55 bits per heavy atom. The van der Waals surface area contributed by atoms with Gasteiger partial charge in [0.1, 0.15) is 5.75 Å². The molecule has 6 heteroatoms. The Hall–Kier alpha value is -0.970. The van der Waals surface area contributed by atoms with Crippen molar-refractivity contribution in [3.63, 3.8) is 0 Å². The Morgan fingerprint density at radius 1 is 1.30 bits per heavy atom. The number of aliphatic carboxylic acids is 1. The van der Waals surface area contributed by atoms with Gasteiger partial charge in [-0.3, -0.25) is 9.69 Å². The van der Waals surface area contributed by atoms with Crippen LogP contribution in [-0.4, -0.2) is 34.2 Å². The molecule has 110 valence electrons. The van der Waals surface area contributed by atoms with E-state index >= 15 is 0 Å². The van der Waals surface area contributed by atoms with Crippen LogP contribution < -0.4 is 0 Å². The van der Waals surface area contributed by atoms with Gasteiger partial charge < -0.3 is 10.2 Å². The molecule has 1 heterocycles. The maximum atomic E-state index is 10.7. The van der Waals surface area contributed by atoms with E-state index in [-0.39, 0.29) is 23.1 Å². The van der Waals surface area contributed by atoms with Crippen LogP contribution in [0, 0.1) is 5.92 Å². The molecule has 1 saturated heterocycles. The summed E-state index contributed by atoms with van der Waals surface area (Å²) >= 11 is 11.8. The van der Waals surface area contributed by atoms with Crippen LogP contribution in [0.3, 0.4) is 0 Å². The monoisotopic (exact) mass is 317 g/mol. The molecule has 2 N–H and O–H groups in total. The van der Waals surface area contributed by atoms with Crippen LogP contribution in [-0.2, 0) is 11.3 Å². The Kier molecular flexibility index (Phi) is 5.13. The summed E-state index contributed by atoms with van der Waals surface area (Å²) in [5, 5.41) is 19.5. The molecule has 4 nitrogen and oxygen atoms in total. The molecule has 1 aromatic carbocycles. The van der Waals surface area contributed by atoms with E-state index < -0.39 is 5.97 Å². The lowest BCUT2D eigenvalue weighted by atomic mass is 9.93. The van der Waals surface area contributed by atoms with Gasteiger partial charge in [-0.05, 0) is 44.0 Å². The van der Waals surface area contributed by atoms with E-state index in [4.69, 9.17) is 28.3 Å². The zero-order valence-electron chi connectivity index (χ0n) is 11.0. The summed E-state index contributed by atoms with van der Waals surface area (Å²) in [7, 11) is 0. The smallest absolute Gasteiger partial charge is 0.303 e. The van der Waals surface area contributed by atoms with E-state index in [1.54, 1.807) is 6.07 Å². The second-order valence-electron chi connectivity index (χ2n) is 5.21. The van der Waals surface area contributed by atoms with Crippen LogP contribution in [0.25, 0.3) is 0 Å². The molecule has 1 aliphatic heterocycles. The number of carbonyl (C=O) groups is 1. The van der Waals surface area contributed by atoms with Gasteiger partial charge in [-0.2, -0.15) is 0 Å². The topological polar surface area (TPSA) is 60.8 Å². The van der Waals surface area contributed by atoms with Crippen molar-refractivity contribution in [3.8, 4) is 5.75 Å². The average Bonchev–Trinajstić information content (AvgIpc) is 2.37. The fraction of sp³-hybridized carbons (Fsp3) is 0.500. The van der Waals surface area contributed by atoms with E-state index in [0.29, 0.717) is 17.1 Å². The average molecular weight is 318 g/mol. The highest BCUT2D eigenvalue weighted by atomic mass is 35.5. The summed E-state index contributed by atoms with van der Waals surface area (Å²) in [6.07, 6.45) is 1.96. The van der Waals surface area contributed by atoms with Crippen LogP contribution >= 0.6 is 23.2 Å². The van der Waals surface area contributed by atoms with Crippen LogP contribution in [0.5, 0.6) is 5.75 Å². The first-order chi connectivity index (χ1) is 9.45. The van der Waals surface area contributed by atoms with Gasteiger partial charge in [0.25, 0.3) is 0 Å². The van der Waals surface area contributed by atoms with Gasteiger partial charge in [-0.1, -0.05) is 23.2 Å². The maximum Gasteiger partial charge on any atom is 0.303 e. The minimum absolute atomic E-state index is 0.0729. The van der Waals surface area contributed by atoms with Gasteiger partial charge in [0.15, 0.2) is 0 Å². The molecule has 0 bridgehead atoms. The first-order valence-electron chi connectivity index (χ1n) is 6.56. The first-order valence-corrected chi connectivity index (χ1v) is 7.32. The van der Waals surface area contributed by atoms with Crippen LogP contribution in [0.15, 0.2) is 12.1 Å². The van der Waals surface area contributed by atoms with E-state index in [2.05, 4.69) is 4.90 Å². The molecular formula is C14H17Cl2NO3. The highest BCUT2D eigenvalue weighted by Crippen LogP contribution is 2.32. The van der Waals surface area contributed by atoms with E-state index in [1.807, 2.05) is 0 Å². The summed E-state index contributed by atoms with van der Waals surface area (Å²) in [6.45, 7) is 2.22. The van der Waals surface area contributed by atoms with Crippen molar-refractivity contribution in [2.75, 3.05) is 13.1 Å². The Morgan fingerprint density at radius 2 is 1.95 bits per heavy atom. The van der Waals surface area contributed by atoms with Gasteiger partial charge in [-0.15, -0.1) is 0 Å². The van der Waals surface area contributed by atoms with Gasteiger partial charge in [-0.25, -0.2) is 0 Å². The highest BCUT2D eigenvalue weighted by molar-refractivity contribution is 6.35. The van der Waals surface area contributed by atoms with Gasteiger partial charge >= 0.3 is 5.97 Å². The number of aromatic hydroxyl groups is 1. The molecular weight excluding hydrogens is 301 g/mol. The molecule has 1 fully saturated rings. The van der Waals surface area contributed by atoms with Crippen molar-refractivity contribution >= 4 is 29.2 Å². The molecule has 0 amide bonds. The third-order valence-corrected chi connectivity index (χ3v) is 4.18. The summed E-state index contributed by atoms with van der Waals surface area (Å²) in [4.78, 5) is 12.9. The minimum atomic E-state index is -0.734. The zero-order valence-corrected chi connectivity index (χ0v) is 12.5. The molecule has 0 radical (unpaired) electrons. The number of likely N-dealkylation sites (tertiary alicyclic amines) is 1. The number of phenols is 1. The molecule has 0 saturated carbocycles. The number of rotatable bonds is 4. The van der Waals surface area contributed by atoms with Crippen molar-refractivity contribution in [3.05, 3.63) is 27.7 Å². The third kappa shape index (κ3) is 4.01. The van der Waals surface area contributed by atoms with Crippen molar-refractivity contribution in [1.82, 2.24) is 4.90 Å². The molecule has 0 atom stereocenters. The van der Waals surface area contributed by atoms with Crippen LogP contribution in [0.4, 0.5) is 0 Å². The Balaban J connectivity index is 1.94. The number of nitrogens with zero attached hydrogens (tertiary/aromatic N) is 1. The van der Waals surface area contributed by atoms with Crippen LogP contribution in [0.1, 0.15) is 24.8 Å². The van der Waals surface area contributed by atoms with Crippen molar-refractivity contribution in [1.29, 1.82) is 0 Å². The summed E-state index contributed by atoms with van der Waals surface area (Å²) in [5.41, 5.74) is 0.708. The second-order valence-corrected chi connectivity index (χ2v) is 6.06. The van der Waals surface area contributed by atoms with E-state index in [1.165, 1.54) is 6.07 Å². The number of hydrogen-bond acceptors (Lipinski definition) is 3. The summed E-state index contributed by atoms with van der Waals surface area (Å²) in [5.74, 6) is -0.410.